The SMILES string of the molecule is Cc1nsc(Sc2ccc3c(c2)N(C)C(=O)C3=O)n1. The van der Waals surface area contributed by atoms with Crippen LogP contribution in [-0.2, 0) is 4.79 Å². The Labute approximate surface area is 117 Å². The quantitative estimate of drug-likeness (QED) is 0.793. The zero-order valence-corrected chi connectivity index (χ0v) is 11.8. The van der Waals surface area contributed by atoms with Gasteiger partial charge in [-0.3, -0.25) is 9.59 Å². The van der Waals surface area contributed by atoms with Crippen LogP contribution >= 0.6 is 23.3 Å². The van der Waals surface area contributed by atoms with E-state index in [1.807, 2.05) is 19.1 Å². The van der Waals surface area contributed by atoms with E-state index >= 15 is 0 Å². The molecule has 0 unspecified atom stereocenters. The molecule has 0 N–H and O–H groups in total. The highest BCUT2D eigenvalue weighted by Gasteiger charge is 2.33. The van der Waals surface area contributed by atoms with Gasteiger partial charge in [-0.15, -0.1) is 0 Å². The number of Topliss-reactive ketones (excluding diaryl/α,β-unsaturated/α-hetero) is 1. The molecule has 2 heterocycles. The molecule has 1 aliphatic rings. The summed E-state index contributed by atoms with van der Waals surface area (Å²) in [4.78, 5) is 29.8. The number of anilines is 1. The first-order valence-corrected chi connectivity index (χ1v) is 7.10. The van der Waals surface area contributed by atoms with Gasteiger partial charge in [-0.2, -0.15) is 4.37 Å². The number of likely N-dealkylation sites (N-methyl/N-ethyl adjacent to an activating group) is 1. The number of hydrogen-bond donors (Lipinski definition) is 0. The van der Waals surface area contributed by atoms with Crippen LogP contribution in [0.3, 0.4) is 0 Å². The second-order valence-electron chi connectivity index (χ2n) is 4.08. The van der Waals surface area contributed by atoms with Gasteiger partial charge in [0.1, 0.15) is 5.82 Å². The highest BCUT2D eigenvalue weighted by atomic mass is 32.2. The lowest BCUT2D eigenvalue weighted by molar-refractivity contribution is -0.114. The summed E-state index contributed by atoms with van der Waals surface area (Å²) in [5, 5.41) is 0. The van der Waals surface area contributed by atoms with Crippen LogP contribution in [0.25, 0.3) is 0 Å². The monoisotopic (exact) mass is 291 g/mol. The molecule has 3 rings (SSSR count). The Kier molecular flexibility index (Phi) is 2.87. The summed E-state index contributed by atoms with van der Waals surface area (Å²) in [5.41, 5.74) is 1.12. The highest BCUT2D eigenvalue weighted by molar-refractivity contribution is 8.01. The molecule has 1 aliphatic heterocycles. The smallest absolute Gasteiger partial charge is 0.299 e. The Morgan fingerprint density at radius 2 is 2.11 bits per heavy atom. The van der Waals surface area contributed by atoms with E-state index in [0.29, 0.717) is 11.3 Å². The summed E-state index contributed by atoms with van der Waals surface area (Å²) < 4.78 is 4.96. The van der Waals surface area contributed by atoms with Gasteiger partial charge < -0.3 is 4.90 Å². The van der Waals surface area contributed by atoms with Crippen LogP contribution in [-0.4, -0.2) is 28.1 Å². The Hall–Kier alpha value is -1.73. The number of hydrogen-bond acceptors (Lipinski definition) is 6. The van der Waals surface area contributed by atoms with E-state index in [9.17, 15) is 9.59 Å². The minimum absolute atomic E-state index is 0.444. The van der Waals surface area contributed by atoms with E-state index in [-0.39, 0.29) is 0 Å². The fraction of sp³-hybridized carbons (Fsp3) is 0.167. The van der Waals surface area contributed by atoms with Gasteiger partial charge in [0.2, 0.25) is 0 Å². The van der Waals surface area contributed by atoms with Crippen LogP contribution in [0.1, 0.15) is 16.2 Å². The van der Waals surface area contributed by atoms with Crippen LogP contribution in [0.4, 0.5) is 5.69 Å². The molecule has 0 saturated carbocycles. The largest absolute Gasteiger partial charge is 0.308 e. The van der Waals surface area contributed by atoms with Gasteiger partial charge in [0.15, 0.2) is 4.34 Å². The van der Waals surface area contributed by atoms with Crippen molar-refractivity contribution in [3.05, 3.63) is 29.6 Å². The molecule has 1 aromatic heterocycles. The van der Waals surface area contributed by atoms with Crippen molar-refractivity contribution in [2.45, 2.75) is 16.2 Å². The third kappa shape index (κ3) is 2.04. The number of carbonyl (C=O) groups is 2. The molecular formula is C12H9N3O2S2. The fourth-order valence-corrected chi connectivity index (χ4v) is 3.50. The van der Waals surface area contributed by atoms with Crippen molar-refractivity contribution in [3.8, 4) is 0 Å². The Balaban J connectivity index is 1.95. The van der Waals surface area contributed by atoms with E-state index in [4.69, 9.17) is 0 Å². The van der Waals surface area contributed by atoms with Crippen molar-refractivity contribution >= 4 is 40.7 Å². The molecule has 1 amide bonds. The molecule has 0 saturated heterocycles. The fourth-order valence-electron chi connectivity index (χ4n) is 1.84. The van der Waals surface area contributed by atoms with Gasteiger partial charge in [0, 0.05) is 11.9 Å². The number of rotatable bonds is 2. The molecule has 0 spiro atoms. The second kappa shape index (κ2) is 4.43. The molecule has 0 radical (unpaired) electrons. The minimum atomic E-state index is -0.482. The first-order chi connectivity index (χ1) is 9.06. The summed E-state index contributed by atoms with van der Waals surface area (Å²) >= 11 is 2.81. The molecule has 0 fully saturated rings. The van der Waals surface area contributed by atoms with Crippen molar-refractivity contribution in [2.75, 3.05) is 11.9 Å². The summed E-state index contributed by atoms with van der Waals surface area (Å²) in [6.45, 7) is 1.84. The van der Waals surface area contributed by atoms with Crippen LogP contribution < -0.4 is 4.90 Å². The van der Waals surface area contributed by atoms with Crippen LogP contribution in [0.15, 0.2) is 27.4 Å². The Morgan fingerprint density at radius 3 is 2.79 bits per heavy atom. The van der Waals surface area contributed by atoms with Crippen LogP contribution in [0.5, 0.6) is 0 Å². The van der Waals surface area contributed by atoms with Crippen molar-refractivity contribution in [1.29, 1.82) is 0 Å². The van der Waals surface area contributed by atoms with Crippen molar-refractivity contribution < 1.29 is 9.59 Å². The van der Waals surface area contributed by atoms with Gasteiger partial charge in [0.25, 0.3) is 11.7 Å². The molecule has 0 atom stereocenters. The van der Waals surface area contributed by atoms with Gasteiger partial charge >= 0.3 is 0 Å². The summed E-state index contributed by atoms with van der Waals surface area (Å²) in [7, 11) is 1.61. The van der Waals surface area contributed by atoms with Gasteiger partial charge in [-0.25, -0.2) is 4.98 Å². The standard InChI is InChI=1S/C12H9N3O2S2/c1-6-13-12(19-14-6)18-7-3-4-8-9(5-7)15(2)11(17)10(8)16/h3-5H,1-2H3. The van der Waals surface area contributed by atoms with Crippen LogP contribution in [0.2, 0.25) is 0 Å². The molecule has 7 heteroatoms. The highest BCUT2D eigenvalue weighted by Crippen LogP contribution is 2.35. The zero-order chi connectivity index (χ0) is 13.6. The van der Waals surface area contributed by atoms with E-state index in [2.05, 4.69) is 9.36 Å². The van der Waals surface area contributed by atoms with E-state index < -0.39 is 11.7 Å². The Morgan fingerprint density at radius 1 is 1.32 bits per heavy atom. The molecule has 0 aliphatic carbocycles. The number of ketones is 1. The lowest BCUT2D eigenvalue weighted by Gasteiger charge is -2.09. The van der Waals surface area contributed by atoms with Crippen molar-refractivity contribution in [1.82, 2.24) is 9.36 Å². The molecule has 5 nitrogen and oxygen atoms in total. The first kappa shape index (κ1) is 12.3. The molecule has 96 valence electrons. The van der Waals surface area contributed by atoms with Gasteiger partial charge in [-0.1, -0.05) is 11.8 Å². The predicted molar refractivity (Wildman–Crippen MR) is 73.0 cm³/mol. The number of fused-ring (bicyclic) bond motifs is 1. The molecule has 2 aromatic rings. The summed E-state index contributed by atoms with van der Waals surface area (Å²) in [6, 6.07) is 5.35. The number of benzene rings is 1. The number of aryl methyl sites for hydroxylation is 1. The van der Waals surface area contributed by atoms with Crippen molar-refractivity contribution in [3.63, 3.8) is 0 Å². The van der Waals surface area contributed by atoms with Gasteiger partial charge in [-0.05, 0) is 36.7 Å². The van der Waals surface area contributed by atoms with Crippen LogP contribution in [0, 0.1) is 6.92 Å². The minimum Gasteiger partial charge on any atom is -0.308 e. The maximum Gasteiger partial charge on any atom is 0.299 e. The molecule has 1 aromatic carbocycles. The zero-order valence-electron chi connectivity index (χ0n) is 10.2. The number of amides is 1. The lowest BCUT2D eigenvalue weighted by Crippen LogP contribution is -2.24. The second-order valence-corrected chi connectivity index (χ2v) is 6.15. The molecule has 19 heavy (non-hydrogen) atoms. The van der Waals surface area contributed by atoms with E-state index in [1.54, 1.807) is 13.1 Å². The topological polar surface area (TPSA) is 63.2 Å². The average molecular weight is 291 g/mol. The maximum atomic E-state index is 11.7. The third-order valence-corrected chi connectivity index (χ3v) is 4.62. The third-order valence-electron chi connectivity index (χ3n) is 2.79. The number of nitrogens with zero attached hydrogens (tertiary/aromatic N) is 3. The normalized spacial score (nSPS) is 14.1. The Bertz CT molecular complexity index is 696. The summed E-state index contributed by atoms with van der Waals surface area (Å²) in [6.07, 6.45) is 0. The van der Waals surface area contributed by atoms with Crippen molar-refractivity contribution in [2.24, 2.45) is 0 Å². The first-order valence-electron chi connectivity index (χ1n) is 5.51. The lowest BCUT2D eigenvalue weighted by atomic mass is 10.1. The van der Waals surface area contributed by atoms with Gasteiger partial charge in [0.05, 0.1) is 11.3 Å². The molecular weight excluding hydrogens is 282 g/mol. The average Bonchev–Trinajstić information content (AvgIpc) is 2.89. The van der Waals surface area contributed by atoms with E-state index in [0.717, 1.165) is 15.1 Å². The number of aromatic nitrogens is 2. The number of carbonyl (C=O) groups excluding carboxylic acids is 2. The maximum absolute atomic E-state index is 11.7. The van der Waals surface area contributed by atoms with E-state index in [1.165, 1.54) is 28.2 Å². The summed E-state index contributed by atoms with van der Waals surface area (Å²) in [5.74, 6) is -0.180. The predicted octanol–water partition coefficient (Wildman–Crippen LogP) is 2.16. The molecule has 0 bridgehead atoms.